The fourth-order valence-electron chi connectivity index (χ4n) is 3.39. The SMILES string of the molecule is CN(C)CC[NH2+]/C=C1/C=C(NC(=O)c2csc(-c3cccc(O)c3)n2)C(c2ccoc2)=CC1=N. The van der Waals surface area contributed by atoms with Gasteiger partial charge in [-0.2, -0.15) is 0 Å². The molecule has 0 atom stereocenters. The number of hydrogen-bond acceptors (Lipinski definition) is 7. The van der Waals surface area contributed by atoms with Crippen LogP contribution in [0.25, 0.3) is 16.1 Å². The summed E-state index contributed by atoms with van der Waals surface area (Å²) in [5.41, 5.74) is 4.12. The molecule has 9 heteroatoms. The number of amides is 1. The monoisotopic (exact) mass is 476 g/mol. The number of nitrogens with zero attached hydrogens (tertiary/aromatic N) is 2. The summed E-state index contributed by atoms with van der Waals surface area (Å²) < 4.78 is 5.22. The number of furan rings is 1. The highest BCUT2D eigenvalue weighted by Gasteiger charge is 2.22. The van der Waals surface area contributed by atoms with Crippen LogP contribution in [0.15, 0.2) is 82.3 Å². The van der Waals surface area contributed by atoms with Crippen molar-refractivity contribution < 1.29 is 19.6 Å². The van der Waals surface area contributed by atoms with Crippen molar-refractivity contribution in [2.75, 3.05) is 27.2 Å². The molecule has 1 amide bonds. The molecule has 0 unspecified atom stereocenters. The van der Waals surface area contributed by atoms with Gasteiger partial charge in [0.15, 0.2) is 0 Å². The van der Waals surface area contributed by atoms with Crippen LogP contribution in [0.4, 0.5) is 0 Å². The van der Waals surface area contributed by atoms with E-state index < -0.39 is 0 Å². The first-order chi connectivity index (χ1) is 16.4. The Morgan fingerprint density at radius 2 is 2.15 bits per heavy atom. The van der Waals surface area contributed by atoms with E-state index in [4.69, 9.17) is 9.83 Å². The van der Waals surface area contributed by atoms with Crippen LogP contribution in [-0.4, -0.2) is 53.8 Å². The molecule has 2 aromatic heterocycles. The van der Waals surface area contributed by atoms with Crippen molar-refractivity contribution in [1.82, 2.24) is 15.2 Å². The van der Waals surface area contributed by atoms with Gasteiger partial charge in [0.25, 0.3) is 5.91 Å². The van der Waals surface area contributed by atoms with Crippen LogP contribution in [0.2, 0.25) is 0 Å². The molecule has 0 saturated heterocycles. The molecular formula is C25H26N5O3S+. The fraction of sp³-hybridized carbons (Fsp3) is 0.160. The van der Waals surface area contributed by atoms with Crippen molar-refractivity contribution in [3.05, 3.63) is 89.1 Å². The zero-order valence-corrected chi connectivity index (χ0v) is 19.7. The van der Waals surface area contributed by atoms with E-state index >= 15 is 0 Å². The lowest BCUT2D eigenvalue weighted by Crippen LogP contribution is -2.80. The molecule has 0 spiro atoms. The van der Waals surface area contributed by atoms with E-state index in [1.165, 1.54) is 11.3 Å². The lowest BCUT2D eigenvalue weighted by molar-refractivity contribution is -0.587. The molecule has 0 bridgehead atoms. The number of carbonyl (C=O) groups is 1. The predicted octanol–water partition coefficient (Wildman–Crippen LogP) is 2.85. The van der Waals surface area contributed by atoms with Gasteiger partial charge in [-0.1, -0.05) is 12.1 Å². The Morgan fingerprint density at radius 3 is 2.88 bits per heavy atom. The molecule has 34 heavy (non-hydrogen) atoms. The summed E-state index contributed by atoms with van der Waals surface area (Å²) in [5, 5.41) is 25.5. The molecule has 2 heterocycles. The fourth-order valence-corrected chi connectivity index (χ4v) is 4.19. The molecule has 1 aliphatic carbocycles. The van der Waals surface area contributed by atoms with Gasteiger partial charge in [0.1, 0.15) is 22.7 Å². The maximum atomic E-state index is 13.1. The first-order valence-corrected chi connectivity index (χ1v) is 11.6. The van der Waals surface area contributed by atoms with Gasteiger partial charge in [0.05, 0.1) is 36.1 Å². The van der Waals surface area contributed by atoms with Crippen LogP contribution in [-0.2, 0) is 0 Å². The number of rotatable bonds is 8. The summed E-state index contributed by atoms with van der Waals surface area (Å²) in [6, 6.07) is 8.56. The lowest BCUT2D eigenvalue weighted by Gasteiger charge is -2.18. The van der Waals surface area contributed by atoms with Crippen LogP contribution in [0.3, 0.4) is 0 Å². The van der Waals surface area contributed by atoms with Crippen molar-refractivity contribution in [3.8, 4) is 16.3 Å². The number of aromatic hydroxyl groups is 1. The Hall–Kier alpha value is -3.79. The van der Waals surface area contributed by atoms with E-state index in [1.54, 1.807) is 54.3 Å². The van der Waals surface area contributed by atoms with Gasteiger partial charge in [0.2, 0.25) is 0 Å². The number of likely N-dealkylation sites (N-methyl/N-ethyl adjacent to an activating group) is 1. The smallest absolute Gasteiger partial charge is 0.275 e. The first kappa shape index (κ1) is 23.4. The standard InChI is InChI=1S/C25H25N5O3S/c1-30(2)8-7-27-13-18-11-22(20(12-21(18)26)17-6-9-33-14-17)28-24(32)23-15-34-25(29-23)16-4-3-5-19(31)10-16/h3-6,9-15,26-27,31H,7-8H2,1-2H3,(H,28,32)/p+1/b18-13-,26-21?. The molecule has 0 saturated carbocycles. The van der Waals surface area contributed by atoms with E-state index in [1.807, 2.05) is 31.7 Å². The Bertz CT molecular complexity index is 1290. The van der Waals surface area contributed by atoms with E-state index in [-0.39, 0.29) is 17.4 Å². The molecule has 8 nitrogen and oxygen atoms in total. The molecule has 1 aliphatic rings. The topological polar surface area (TPSA) is 119 Å². The van der Waals surface area contributed by atoms with Crippen LogP contribution in [0, 0.1) is 5.41 Å². The molecule has 0 radical (unpaired) electrons. The highest BCUT2D eigenvalue weighted by molar-refractivity contribution is 7.13. The molecule has 4 rings (SSSR count). The molecular weight excluding hydrogens is 450 g/mol. The third kappa shape index (κ3) is 5.57. The number of thiazole rings is 1. The number of phenols is 1. The van der Waals surface area contributed by atoms with Crippen molar-refractivity contribution >= 4 is 28.5 Å². The number of allylic oxidation sites excluding steroid dienone is 4. The number of hydrogen-bond donors (Lipinski definition) is 4. The van der Waals surface area contributed by atoms with Crippen molar-refractivity contribution in [1.29, 1.82) is 5.41 Å². The van der Waals surface area contributed by atoms with Gasteiger partial charge in [-0.25, -0.2) is 4.98 Å². The van der Waals surface area contributed by atoms with Gasteiger partial charge in [0, 0.05) is 28.6 Å². The van der Waals surface area contributed by atoms with Crippen LogP contribution in [0.1, 0.15) is 16.1 Å². The molecule has 0 fully saturated rings. The van der Waals surface area contributed by atoms with Crippen molar-refractivity contribution in [2.45, 2.75) is 0 Å². The van der Waals surface area contributed by atoms with Gasteiger partial charge in [-0.3, -0.25) is 4.79 Å². The maximum Gasteiger partial charge on any atom is 0.275 e. The second-order valence-electron chi connectivity index (χ2n) is 8.03. The highest BCUT2D eigenvalue weighted by atomic mass is 32.1. The third-order valence-electron chi connectivity index (χ3n) is 5.14. The van der Waals surface area contributed by atoms with Gasteiger partial charge >= 0.3 is 0 Å². The van der Waals surface area contributed by atoms with Crippen molar-refractivity contribution in [3.63, 3.8) is 0 Å². The quantitative estimate of drug-likeness (QED) is 0.373. The second kappa shape index (κ2) is 10.4. The average Bonchev–Trinajstić information content (AvgIpc) is 3.51. The van der Waals surface area contributed by atoms with Gasteiger partial charge in [-0.15, -0.1) is 11.3 Å². The highest BCUT2D eigenvalue weighted by Crippen LogP contribution is 2.29. The Kier molecular flexibility index (Phi) is 7.17. The van der Waals surface area contributed by atoms with Crippen LogP contribution >= 0.6 is 11.3 Å². The number of carbonyl (C=O) groups excluding carboxylic acids is 1. The molecule has 5 N–H and O–H groups in total. The minimum absolute atomic E-state index is 0.144. The number of phenolic OH excluding ortho intramolecular Hbond substituents is 1. The zero-order valence-electron chi connectivity index (χ0n) is 18.9. The zero-order chi connectivity index (χ0) is 24.1. The number of nitrogens with one attached hydrogen (secondary N) is 2. The number of nitrogens with two attached hydrogens (primary N) is 1. The summed E-state index contributed by atoms with van der Waals surface area (Å²) in [4.78, 5) is 19.6. The average molecular weight is 477 g/mol. The van der Waals surface area contributed by atoms with E-state index in [2.05, 4.69) is 15.2 Å². The van der Waals surface area contributed by atoms with Crippen molar-refractivity contribution in [2.24, 2.45) is 0 Å². The normalized spacial score (nSPS) is 14.9. The molecule has 0 aliphatic heterocycles. The lowest BCUT2D eigenvalue weighted by atomic mass is 9.94. The van der Waals surface area contributed by atoms with Gasteiger partial charge in [-0.05, 0) is 44.4 Å². The second-order valence-corrected chi connectivity index (χ2v) is 8.89. The summed E-state index contributed by atoms with van der Waals surface area (Å²) in [6.45, 7) is 1.76. The third-order valence-corrected chi connectivity index (χ3v) is 6.03. The van der Waals surface area contributed by atoms with E-state index in [9.17, 15) is 9.90 Å². The summed E-state index contributed by atoms with van der Waals surface area (Å²) >= 11 is 1.33. The number of quaternary nitrogens is 1. The Morgan fingerprint density at radius 1 is 1.29 bits per heavy atom. The largest absolute Gasteiger partial charge is 0.508 e. The minimum Gasteiger partial charge on any atom is -0.508 e. The first-order valence-electron chi connectivity index (χ1n) is 10.7. The van der Waals surface area contributed by atoms with Crippen LogP contribution in [0.5, 0.6) is 5.75 Å². The molecule has 1 aromatic carbocycles. The summed E-state index contributed by atoms with van der Waals surface area (Å²) in [6.07, 6.45) is 8.58. The van der Waals surface area contributed by atoms with Crippen LogP contribution < -0.4 is 10.6 Å². The number of aromatic nitrogens is 1. The Labute approximate surface area is 201 Å². The minimum atomic E-state index is -0.354. The van der Waals surface area contributed by atoms with E-state index in [0.717, 1.165) is 24.2 Å². The van der Waals surface area contributed by atoms with E-state index in [0.29, 0.717) is 27.6 Å². The maximum absolute atomic E-state index is 13.1. The Balaban J connectivity index is 1.57. The molecule has 3 aromatic rings. The number of benzene rings is 1. The molecule has 174 valence electrons. The predicted molar refractivity (Wildman–Crippen MR) is 133 cm³/mol. The summed E-state index contributed by atoms with van der Waals surface area (Å²) in [5.74, 6) is -0.210. The van der Waals surface area contributed by atoms with Gasteiger partial charge < -0.3 is 30.5 Å². The summed E-state index contributed by atoms with van der Waals surface area (Å²) in [7, 11) is 4.03.